The third kappa shape index (κ3) is 3.37. The number of rotatable bonds is 4. The molecule has 1 atom stereocenters. The van der Waals surface area contributed by atoms with Gasteiger partial charge in [-0.15, -0.1) is 0 Å². The van der Waals surface area contributed by atoms with Crippen LogP contribution < -0.4 is 10.1 Å². The highest BCUT2D eigenvalue weighted by atomic mass is 16.5. The number of nitrogens with zero attached hydrogens (tertiary/aromatic N) is 2. The first-order chi connectivity index (χ1) is 10.7. The molecule has 6 nitrogen and oxygen atoms in total. The van der Waals surface area contributed by atoms with Crippen molar-refractivity contribution in [1.82, 2.24) is 9.88 Å². The summed E-state index contributed by atoms with van der Waals surface area (Å²) in [5.41, 5.74) is 0.649. The lowest BCUT2D eigenvalue weighted by Crippen LogP contribution is -2.44. The van der Waals surface area contributed by atoms with Crippen molar-refractivity contribution in [3.63, 3.8) is 0 Å². The fourth-order valence-electron chi connectivity index (χ4n) is 2.80. The molecule has 2 amide bonds. The van der Waals surface area contributed by atoms with Gasteiger partial charge in [-0.05, 0) is 31.7 Å². The van der Waals surface area contributed by atoms with Gasteiger partial charge in [0.1, 0.15) is 0 Å². The van der Waals surface area contributed by atoms with Crippen LogP contribution in [0.3, 0.4) is 0 Å². The molecule has 0 aromatic carbocycles. The number of nitrogens with one attached hydrogen (secondary N) is 1. The zero-order chi connectivity index (χ0) is 15.5. The summed E-state index contributed by atoms with van der Waals surface area (Å²) in [4.78, 5) is 30.4. The number of ether oxygens (including phenoxy) is 1. The molecule has 0 spiro atoms. The summed E-state index contributed by atoms with van der Waals surface area (Å²) in [6.45, 7) is 1.31. The highest BCUT2D eigenvalue weighted by Crippen LogP contribution is 2.32. The first-order valence-electron chi connectivity index (χ1n) is 7.77. The molecule has 6 heteroatoms. The summed E-state index contributed by atoms with van der Waals surface area (Å²) in [5, 5.41) is 2.87. The van der Waals surface area contributed by atoms with Gasteiger partial charge in [0.15, 0.2) is 0 Å². The molecule has 0 unspecified atom stereocenters. The van der Waals surface area contributed by atoms with E-state index in [9.17, 15) is 9.59 Å². The number of amides is 2. The van der Waals surface area contributed by atoms with Gasteiger partial charge in [-0.2, -0.15) is 0 Å². The number of hydrogen-bond acceptors (Lipinski definition) is 4. The van der Waals surface area contributed by atoms with Crippen LogP contribution >= 0.6 is 0 Å². The molecule has 22 heavy (non-hydrogen) atoms. The van der Waals surface area contributed by atoms with Crippen LogP contribution in [-0.4, -0.2) is 41.9 Å². The lowest BCUT2D eigenvalue weighted by molar-refractivity contribution is -0.135. The number of carbonyl (C=O) groups is 2. The first-order valence-corrected chi connectivity index (χ1v) is 7.77. The SMILES string of the molecule is COc1ccc(NC(=O)[C@H]2CCCN(C(=O)C3CC3)C2)cn1. The fraction of sp³-hybridized carbons (Fsp3) is 0.562. The zero-order valence-electron chi connectivity index (χ0n) is 12.7. The van der Waals surface area contributed by atoms with Crippen LogP contribution in [0.5, 0.6) is 5.88 Å². The fourth-order valence-corrected chi connectivity index (χ4v) is 2.80. The van der Waals surface area contributed by atoms with Gasteiger partial charge in [-0.1, -0.05) is 0 Å². The third-order valence-corrected chi connectivity index (χ3v) is 4.24. The average molecular weight is 303 g/mol. The van der Waals surface area contributed by atoms with Crippen molar-refractivity contribution in [2.45, 2.75) is 25.7 Å². The van der Waals surface area contributed by atoms with E-state index in [1.807, 2.05) is 4.90 Å². The molecule has 2 heterocycles. The molecule has 1 aliphatic heterocycles. The number of pyridine rings is 1. The van der Waals surface area contributed by atoms with Crippen molar-refractivity contribution < 1.29 is 14.3 Å². The molecule has 1 saturated carbocycles. The van der Waals surface area contributed by atoms with Crippen molar-refractivity contribution in [3.05, 3.63) is 18.3 Å². The molecule has 1 saturated heterocycles. The van der Waals surface area contributed by atoms with Crippen molar-refractivity contribution >= 4 is 17.5 Å². The number of methoxy groups -OCH3 is 1. The molecule has 118 valence electrons. The normalized spacial score (nSPS) is 21.3. The Kier molecular flexibility index (Phi) is 4.27. The number of hydrogen-bond donors (Lipinski definition) is 1. The maximum Gasteiger partial charge on any atom is 0.229 e. The van der Waals surface area contributed by atoms with Gasteiger partial charge >= 0.3 is 0 Å². The Morgan fingerprint density at radius 3 is 2.73 bits per heavy atom. The number of piperidine rings is 1. The second kappa shape index (κ2) is 6.34. The molecular formula is C16H21N3O3. The summed E-state index contributed by atoms with van der Waals surface area (Å²) in [5.74, 6) is 0.770. The van der Waals surface area contributed by atoms with Crippen molar-refractivity contribution in [2.24, 2.45) is 11.8 Å². The van der Waals surface area contributed by atoms with Crippen LogP contribution in [0.1, 0.15) is 25.7 Å². The number of likely N-dealkylation sites (tertiary alicyclic amines) is 1. The Labute approximate surface area is 129 Å². The van der Waals surface area contributed by atoms with E-state index in [1.165, 1.54) is 0 Å². The number of aromatic nitrogens is 1. The smallest absolute Gasteiger partial charge is 0.229 e. The van der Waals surface area contributed by atoms with Gasteiger partial charge in [0, 0.05) is 25.1 Å². The monoisotopic (exact) mass is 303 g/mol. The second-order valence-electron chi connectivity index (χ2n) is 5.98. The van der Waals surface area contributed by atoms with Crippen LogP contribution in [-0.2, 0) is 9.59 Å². The van der Waals surface area contributed by atoms with E-state index in [1.54, 1.807) is 25.4 Å². The lowest BCUT2D eigenvalue weighted by atomic mass is 9.96. The molecule has 1 aliphatic carbocycles. The molecule has 0 radical (unpaired) electrons. The average Bonchev–Trinajstić information content (AvgIpc) is 3.40. The maximum atomic E-state index is 12.4. The molecule has 3 rings (SSSR count). The van der Waals surface area contributed by atoms with Crippen LogP contribution in [0.15, 0.2) is 18.3 Å². The van der Waals surface area contributed by atoms with Crippen molar-refractivity contribution in [2.75, 3.05) is 25.5 Å². The largest absolute Gasteiger partial charge is 0.481 e. The van der Waals surface area contributed by atoms with Gasteiger partial charge in [0.25, 0.3) is 0 Å². The first kappa shape index (κ1) is 14.8. The van der Waals surface area contributed by atoms with Crippen LogP contribution in [0.4, 0.5) is 5.69 Å². The Morgan fingerprint density at radius 2 is 2.09 bits per heavy atom. The van der Waals surface area contributed by atoms with Crippen molar-refractivity contribution in [1.29, 1.82) is 0 Å². The van der Waals surface area contributed by atoms with Gasteiger partial charge in [-0.3, -0.25) is 9.59 Å². The molecular weight excluding hydrogens is 282 g/mol. The van der Waals surface area contributed by atoms with E-state index in [4.69, 9.17) is 4.74 Å². The Morgan fingerprint density at radius 1 is 1.27 bits per heavy atom. The highest BCUT2D eigenvalue weighted by molar-refractivity contribution is 5.93. The molecule has 2 aliphatic rings. The summed E-state index contributed by atoms with van der Waals surface area (Å²) < 4.78 is 4.99. The van der Waals surface area contributed by atoms with Gasteiger partial charge in [-0.25, -0.2) is 4.98 Å². The highest BCUT2D eigenvalue weighted by Gasteiger charge is 2.36. The van der Waals surface area contributed by atoms with Crippen molar-refractivity contribution in [3.8, 4) is 5.88 Å². The lowest BCUT2D eigenvalue weighted by Gasteiger charge is -2.32. The van der Waals surface area contributed by atoms with E-state index < -0.39 is 0 Å². The second-order valence-corrected chi connectivity index (χ2v) is 5.98. The predicted molar refractivity (Wildman–Crippen MR) is 81.4 cm³/mol. The summed E-state index contributed by atoms with van der Waals surface area (Å²) in [7, 11) is 1.55. The Hall–Kier alpha value is -2.11. The predicted octanol–water partition coefficient (Wildman–Crippen LogP) is 1.68. The zero-order valence-corrected chi connectivity index (χ0v) is 12.7. The molecule has 1 aromatic heterocycles. The van der Waals surface area contributed by atoms with Crippen LogP contribution in [0, 0.1) is 11.8 Å². The number of carbonyl (C=O) groups excluding carboxylic acids is 2. The summed E-state index contributed by atoms with van der Waals surface area (Å²) in [6.07, 6.45) is 5.29. The Bertz CT molecular complexity index is 554. The molecule has 1 N–H and O–H groups in total. The van der Waals surface area contributed by atoms with E-state index in [2.05, 4.69) is 10.3 Å². The van der Waals surface area contributed by atoms with Gasteiger partial charge in [0.05, 0.1) is 24.9 Å². The minimum absolute atomic E-state index is 0.0414. The van der Waals surface area contributed by atoms with Gasteiger partial charge in [0.2, 0.25) is 17.7 Å². The number of anilines is 1. The topological polar surface area (TPSA) is 71.5 Å². The summed E-state index contributed by atoms with van der Waals surface area (Å²) in [6, 6.07) is 3.47. The van der Waals surface area contributed by atoms with E-state index in [0.29, 0.717) is 18.1 Å². The third-order valence-electron chi connectivity index (χ3n) is 4.24. The molecule has 1 aromatic rings. The minimum Gasteiger partial charge on any atom is -0.481 e. The van der Waals surface area contributed by atoms with Gasteiger partial charge < -0.3 is 15.0 Å². The standard InChI is InChI=1S/C16H21N3O3/c1-22-14-7-6-13(9-17-14)18-15(20)12-3-2-8-19(10-12)16(21)11-4-5-11/h6-7,9,11-12H,2-5,8,10H2,1H3,(H,18,20)/t12-/m0/s1. The van der Waals surface area contributed by atoms with E-state index >= 15 is 0 Å². The molecule has 0 bridgehead atoms. The van der Waals surface area contributed by atoms with Crippen LogP contribution in [0.25, 0.3) is 0 Å². The maximum absolute atomic E-state index is 12.4. The van der Waals surface area contributed by atoms with Crippen LogP contribution in [0.2, 0.25) is 0 Å². The quantitative estimate of drug-likeness (QED) is 0.918. The van der Waals surface area contributed by atoms with E-state index in [-0.39, 0.29) is 23.7 Å². The summed E-state index contributed by atoms with van der Waals surface area (Å²) >= 11 is 0. The Balaban J connectivity index is 1.57. The minimum atomic E-state index is -0.140. The van der Waals surface area contributed by atoms with E-state index in [0.717, 1.165) is 32.2 Å². The molecule has 2 fully saturated rings.